The molecule has 0 spiro atoms. The zero-order chi connectivity index (χ0) is 22.4. The molecule has 3 heterocycles. The number of benzene rings is 1. The molecular formula is C19H23FN2O6S3. The van der Waals surface area contributed by atoms with E-state index in [9.17, 15) is 26.0 Å². The van der Waals surface area contributed by atoms with Gasteiger partial charge in [0.25, 0.3) is 5.91 Å². The summed E-state index contributed by atoms with van der Waals surface area (Å²) in [6, 6.07) is 4.68. The molecule has 2 aliphatic heterocycles. The molecule has 1 unspecified atom stereocenters. The number of methoxy groups -OCH3 is 1. The van der Waals surface area contributed by atoms with E-state index in [0.29, 0.717) is 20.5 Å². The molecule has 4 rings (SSSR count). The topological polar surface area (TPSA) is 101 Å². The SMILES string of the molecule is COCc1c(C(=O)N2CCN(S(=O)(=O)C3CCS(=O)(=O)C3)CC2)sc2cccc(F)c12. The number of carbonyl (C=O) groups is 1. The lowest BCUT2D eigenvalue weighted by Gasteiger charge is -2.35. The van der Waals surface area contributed by atoms with Gasteiger partial charge in [-0.3, -0.25) is 4.79 Å². The quantitative estimate of drug-likeness (QED) is 0.629. The van der Waals surface area contributed by atoms with Crippen molar-refractivity contribution < 1.29 is 30.8 Å². The van der Waals surface area contributed by atoms with Crippen LogP contribution in [0, 0.1) is 5.82 Å². The molecule has 2 saturated heterocycles. The number of piperazine rings is 1. The Labute approximate surface area is 184 Å². The molecular weight excluding hydrogens is 467 g/mol. The van der Waals surface area contributed by atoms with Gasteiger partial charge >= 0.3 is 0 Å². The number of fused-ring (bicyclic) bond motifs is 1. The summed E-state index contributed by atoms with van der Waals surface area (Å²) in [5.41, 5.74) is 0.497. The minimum atomic E-state index is -3.74. The first-order valence-corrected chi connectivity index (χ1v) is 14.0. The van der Waals surface area contributed by atoms with Gasteiger partial charge < -0.3 is 9.64 Å². The third-order valence-electron chi connectivity index (χ3n) is 5.74. The highest BCUT2D eigenvalue weighted by Crippen LogP contribution is 2.35. The number of carbonyl (C=O) groups excluding carboxylic acids is 1. The van der Waals surface area contributed by atoms with Crippen molar-refractivity contribution >= 4 is 47.2 Å². The van der Waals surface area contributed by atoms with Crippen LogP contribution in [0.5, 0.6) is 0 Å². The number of sulfone groups is 1. The Morgan fingerprint density at radius 2 is 1.97 bits per heavy atom. The first-order chi connectivity index (χ1) is 14.6. The van der Waals surface area contributed by atoms with Crippen LogP contribution in [0.2, 0.25) is 0 Å². The number of amides is 1. The average Bonchev–Trinajstić information content (AvgIpc) is 3.29. The Bertz CT molecular complexity index is 1220. The van der Waals surface area contributed by atoms with Gasteiger partial charge in [-0.05, 0) is 18.6 Å². The molecule has 0 bridgehead atoms. The summed E-state index contributed by atoms with van der Waals surface area (Å²) in [6.07, 6.45) is 0.109. The second-order valence-electron chi connectivity index (χ2n) is 7.72. The molecule has 0 radical (unpaired) electrons. The van der Waals surface area contributed by atoms with Gasteiger partial charge in [0, 0.05) is 48.9 Å². The summed E-state index contributed by atoms with van der Waals surface area (Å²) in [6.45, 7) is 0.654. The molecule has 1 amide bonds. The lowest BCUT2D eigenvalue weighted by molar-refractivity contribution is 0.0698. The molecule has 2 aromatic rings. The van der Waals surface area contributed by atoms with Crippen LogP contribution in [-0.2, 0) is 31.2 Å². The van der Waals surface area contributed by atoms with Crippen LogP contribution in [0.3, 0.4) is 0 Å². The van der Waals surface area contributed by atoms with Gasteiger partial charge in [0.2, 0.25) is 10.0 Å². The van der Waals surface area contributed by atoms with Crippen LogP contribution in [-0.4, -0.2) is 82.0 Å². The molecule has 170 valence electrons. The molecule has 2 aliphatic rings. The Kier molecular flexibility index (Phi) is 6.12. The van der Waals surface area contributed by atoms with Crippen molar-refractivity contribution in [2.75, 3.05) is 44.8 Å². The maximum absolute atomic E-state index is 14.4. The van der Waals surface area contributed by atoms with Crippen molar-refractivity contribution in [1.29, 1.82) is 0 Å². The first-order valence-electron chi connectivity index (χ1n) is 9.81. The van der Waals surface area contributed by atoms with E-state index in [1.165, 1.54) is 28.8 Å². The van der Waals surface area contributed by atoms with E-state index >= 15 is 0 Å². The van der Waals surface area contributed by atoms with E-state index in [4.69, 9.17) is 4.74 Å². The molecule has 12 heteroatoms. The highest BCUT2D eigenvalue weighted by Gasteiger charge is 2.41. The van der Waals surface area contributed by atoms with E-state index < -0.39 is 30.9 Å². The van der Waals surface area contributed by atoms with Gasteiger partial charge in [-0.1, -0.05) is 6.07 Å². The summed E-state index contributed by atoms with van der Waals surface area (Å²) >= 11 is 1.20. The van der Waals surface area contributed by atoms with E-state index in [1.807, 2.05) is 0 Å². The van der Waals surface area contributed by atoms with E-state index in [0.717, 1.165) is 0 Å². The maximum Gasteiger partial charge on any atom is 0.264 e. The number of hydrogen-bond acceptors (Lipinski definition) is 7. The Hall–Kier alpha value is -1.60. The Morgan fingerprint density at radius 1 is 1.26 bits per heavy atom. The van der Waals surface area contributed by atoms with Crippen molar-refractivity contribution in [3.8, 4) is 0 Å². The fourth-order valence-corrected chi connectivity index (χ4v) is 9.82. The van der Waals surface area contributed by atoms with E-state index in [1.54, 1.807) is 17.0 Å². The predicted octanol–water partition coefficient (Wildman–Crippen LogP) is 1.46. The average molecular weight is 491 g/mol. The number of halogens is 1. The number of thiophene rings is 1. The number of sulfonamides is 1. The zero-order valence-corrected chi connectivity index (χ0v) is 19.4. The molecule has 2 fully saturated rings. The van der Waals surface area contributed by atoms with Crippen molar-refractivity contribution in [3.05, 3.63) is 34.5 Å². The first kappa shape index (κ1) is 22.6. The van der Waals surface area contributed by atoms with Gasteiger partial charge in [0.1, 0.15) is 5.82 Å². The minimum absolute atomic E-state index is 0.0898. The maximum atomic E-state index is 14.4. The lowest BCUT2D eigenvalue weighted by Crippen LogP contribution is -2.52. The van der Waals surface area contributed by atoms with Crippen LogP contribution < -0.4 is 0 Å². The summed E-state index contributed by atoms with van der Waals surface area (Å²) < 4.78 is 70.5. The fraction of sp³-hybridized carbons (Fsp3) is 0.526. The molecule has 0 saturated carbocycles. The highest BCUT2D eigenvalue weighted by atomic mass is 32.2. The van der Waals surface area contributed by atoms with Crippen molar-refractivity contribution in [1.82, 2.24) is 9.21 Å². The summed E-state index contributed by atoms with van der Waals surface area (Å²) in [5.74, 6) is -1.15. The zero-order valence-electron chi connectivity index (χ0n) is 16.9. The fourth-order valence-electron chi connectivity index (χ4n) is 4.12. The third-order valence-corrected chi connectivity index (χ3v) is 11.2. The van der Waals surface area contributed by atoms with Gasteiger partial charge in [-0.2, -0.15) is 4.31 Å². The molecule has 8 nitrogen and oxygen atoms in total. The largest absolute Gasteiger partial charge is 0.380 e. The van der Waals surface area contributed by atoms with Crippen LogP contribution in [0.4, 0.5) is 4.39 Å². The van der Waals surface area contributed by atoms with E-state index in [2.05, 4.69) is 0 Å². The Balaban J connectivity index is 1.51. The normalized spacial score (nSPS) is 22.3. The minimum Gasteiger partial charge on any atom is -0.380 e. The van der Waals surface area contributed by atoms with Crippen LogP contribution >= 0.6 is 11.3 Å². The Morgan fingerprint density at radius 3 is 2.58 bits per heavy atom. The van der Waals surface area contributed by atoms with Crippen molar-refractivity contribution in [2.45, 2.75) is 18.3 Å². The monoisotopic (exact) mass is 490 g/mol. The van der Waals surface area contributed by atoms with Crippen molar-refractivity contribution in [3.63, 3.8) is 0 Å². The second kappa shape index (κ2) is 8.39. The lowest BCUT2D eigenvalue weighted by atomic mass is 10.1. The molecule has 1 aromatic heterocycles. The van der Waals surface area contributed by atoms with Crippen molar-refractivity contribution in [2.24, 2.45) is 0 Å². The third kappa shape index (κ3) is 4.23. The summed E-state index contributed by atoms with van der Waals surface area (Å²) in [5, 5.41) is -0.542. The molecule has 1 atom stereocenters. The summed E-state index contributed by atoms with van der Waals surface area (Å²) in [7, 11) is -5.58. The molecule has 31 heavy (non-hydrogen) atoms. The van der Waals surface area contributed by atoms with Gasteiger partial charge in [0.15, 0.2) is 9.84 Å². The molecule has 0 N–H and O–H groups in total. The number of hydrogen-bond donors (Lipinski definition) is 0. The number of nitrogens with zero attached hydrogens (tertiary/aromatic N) is 2. The number of ether oxygens (including phenoxy) is 1. The van der Waals surface area contributed by atoms with Crippen LogP contribution in [0.25, 0.3) is 10.1 Å². The molecule has 1 aromatic carbocycles. The standard InChI is InChI=1S/C19H23FN2O6S3/c1-28-11-14-17-15(20)3-2-4-16(17)29-18(14)19(23)21-6-8-22(9-7-21)31(26,27)13-5-10-30(24,25)12-13/h2-4,13H,5-12H2,1H3. The van der Waals surface area contributed by atoms with Crippen LogP contribution in [0.15, 0.2) is 18.2 Å². The van der Waals surface area contributed by atoms with Crippen LogP contribution in [0.1, 0.15) is 21.7 Å². The van der Waals surface area contributed by atoms with E-state index in [-0.39, 0.29) is 56.6 Å². The number of rotatable bonds is 5. The summed E-state index contributed by atoms with van der Waals surface area (Å²) in [4.78, 5) is 15.1. The highest BCUT2D eigenvalue weighted by molar-refractivity contribution is 7.95. The smallest absolute Gasteiger partial charge is 0.264 e. The second-order valence-corrected chi connectivity index (χ2v) is 13.2. The molecule has 0 aliphatic carbocycles. The van der Waals surface area contributed by atoms with Gasteiger partial charge in [-0.25, -0.2) is 21.2 Å². The van der Waals surface area contributed by atoms with Gasteiger partial charge in [-0.15, -0.1) is 11.3 Å². The predicted molar refractivity (Wildman–Crippen MR) is 116 cm³/mol. The van der Waals surface area contributed by atoms with Gasteiger partial charge in [0.05, 0.1) is 28.2 Å².